The third-order valence-electron chi connectivity index (χ3n) is 5.89. The minimum absolute atomic E-state index is 1.06. The first-order chi connectivity index (χ1) is 8.36. The lowest BCUT2D eigenvalue weighted by Crippen LogP contribution is -2.41. The molecule has 0 aromatic heterocycles. The van der Waals surface area contributed by atoms with Crippen molar-refractivity contribution in [2.24, 2.45) is 11.8 Å². The number of fused-ring (bicyclic) bond motifs is 2. The molecule has 1 heteroatoms. The fourth-order valence-electron chi connectivity index (χ4n) is 5.15. The molecule has 0 amide bonds. The van der Waals surface area contributed by atoms with Crippen LogP contribution in [0.4, 0.5) is 0 Å². The predicted molar refractivity (Wildman–Crippen MR) is 79.0 cm³/mol. The topological polar surface area (TPSA) is 0 Å². The van der Waals surface area contributed by atoms with Crippen molar-refractivity contribution in [3.05, 3.63) is 0 Å². The largest absolute Gasteiger partial charge is 0.143 e. The second-order valence-electron chi connectivity index (χ2n) is 6.51. The van der Waals surface area contributed by atoms with Crippen LogP contribution in [0.15, 0.2) is 0 Å². The molecular weight excluding hydrogens is 203 g/mol. The van der Waals surface area contributed by atoms with Gasteiger partial charge in [0.1, 0.15) is 6.71 Å². The lowest BCUT2D eigenvalue weighted by atomic mass is 9.25. The van der Waals surface area contributed by atoms with Crippen LogP contribution in [0.25, 0.3) is 0 Å². The molecule has 1 heterocycles. The van der Waals surface area contributed by atoms with E-state index >= 15 is 0 Å². The summed E-state index contributed by atoms with van der Waals surface area (Å²) in [5.74, 6) is 4.51. The Morgan fingerprint density at radius 2 is 1.12 bits per heavy atom. The molecule has 3 rings (SSSR count). The maximum atomic E-state index is 2.59. The smallest absolute Gasteiger partial charge is 0.0856 e. The van der Waals surface area contributed by atoms with Crippen LogP contribution in [-0.2, 0) is 0 Å². The molecule has 2 aliphatic carbocycles. The van der Waals surface area contributed by atoms with Crippen LogP contribution in [0.5, 0.6) is 0 Å². The predicted octanol–water partition coefficient (Wildman–Crippen LogP) is 5.66. The molecule has 0 N–H and O–H groups in total. The fourth-order valence-corrected chi connectivity index (χ4v) is 5.15. The van der Waals surface area contributed by atoms with Gasteiger partial charge >= 0.3 is 0 Å². The van der Waals surface area contributed by atoms with Crippen LogP contribution in [0.1, 0.15) is 71.6 Å². The second-order valence-corrected chi connectivity index (χ2v) is 6.51. The summed E-state index contributed by atoms with van der Waals surface area (Å²) >= 11 is 0. The van der Waals surface area contributed by atoms with E-state index in [1.807, 2.05) is 13.8 Å². The maximum Gasteiger partial charge on any atom is 0.143 e. The fraction of sp³-hybridized carbons (Fsp3) is 1.00. The van der Waals surface area contributed by atoms with E-state index in [9.17, 15) is 0 Å². The van der Waals surface area contributed by atoms with E-state index in [1.54, 1.807) is 32.1 Å². The first-order valence-electron chi connectivity index (χ1n) is 8.36. The van der Waals surface area contributed by atoms with E-state index in [2.05, 4.69) is 6.82 Å². The first-order valence-corrected chi connectivity index (χ1v) is 8.36. The normalized spacial score (nSPS) is 40.8. The van der Waals surface area contributed by atoms with E-state index < -0.39 is 0 Å². The van der Waals surface area contributed by atoms with Crippen LogP contribution in [0, 0.1) is 11.8 Å². The van der Waals surface area contributed by atoms with Gasteiger partial charge in [0.2, 0.25) is 0 Å². The van der Waals surface area contributed by atoms with Gasteiger partial charge in [0.15, 0.2) is 0 Å². The molecule has 0 spiro atoms. The van der Waals surface area contributed by atoms with Crippen molar-refractivity contribution in [3.63, 3.8) is 0 Å². The lowest BCUT2D eigenvalue weighted by Gasteiger charge is -2.49. The Morgan fingerprint density at radius 3 is 1.59 bits per heavy atom. The van der Waals surface area contributed by atoms with E-state index in [1.165, 1.54) is 25.7 Å². The number of hydrogen-bond acceptors (Lipinski definition) is 0. The molecule has 4 unspecified atom stereocenters. The highest BCUT2D eigenvalue weighted by Crippen LogP contribution is 2.54. The average Bonchev–Trinajstić information content (AvgIpc) is 2.41. The molecular formula is C16H31B. The first kappa shape index (κ1) is 13.5. The molecule has 1 saturated heterocycles. The molecule has 0 bridgehead atoms. The Bertz CT molecular complexity index is 204. The van der Waals surface area contributed by atoms with Crippen LogP contribution in [0.3, 0.4) is 0 Å². The van der Waals surface area contributed by atoms with Crippen molar-refractivity contribution in [2.45, 2.75) is 90.1 Å². The Kier molecular flexibility index (Phi) is 5.00. The Morgan fingerprint density at radius 1 is 0.706 bits per heavy atom. The highest BCUT2D eigenvalue weighted by atomic mass is 14.4. The van der Waals surface area contributed by atoms with Crippen molar-refractivity contribution >= 4 is 6.71 Å². The van der Waals surface area contributed by atoms with Crippen LogP contribution >= 0.6 is 0 Å². The molecule has 0 aromatic rings. The standard InChI is InChI=1S/C14H25B.C2H6/c1-15-13-8-4-2-6-11(13)10-12-7-3-5-9-14(12)15;1-2/h11-14H,2-10H2,1H3;1-2H3. The Balaban J connectivity index is 0.000000514. The highest BCUT2D eigenvalue weighted by Gasteiger charge is 2.44. The average molecular weight is 234 g/mol. The van der Waals surface area contributed by atoms with Gasteiger partial charge in [-0.15, -0.1) is 0 Å². The molecule has 4 atom stereocenters. The molecule has 1 aliphatic heterocycles. The van der Waals surface area contributed by atoms with Crippen molar-refractivity contribution in [1.29, 1.82) is 0 Å². The van der Waals surface area contributed by atoms with E-state index in [0.29, 0.717) is 0 Å². The summed E-state index contributed by atoms with van der Waals surface area (Å²) in [4.78, 5) is 0. The van der Waals surface area contributed by atoms with Crippen LogP contribution < -0.4 is 0 Å². The molecule has 3 fully saturated rings. The number of rotatable bonds is 0. The van der Waals surface area contributed by atoms with Gasteiger partial charge in [-0.25, -0.2) is 0 Å². The number of hydrogen-bond donors (Lipinski definition) is 0. The Labute approximate surface area is 109 Å². The summed E-state index contributed by atoms with van der Waals surface area (Å²) in [6.07, 6.45) is 14.0. The third kappa shape index (κ3) is 2.74. The van der Waals surface area contributed by atoms with Gasteiger partial charge in [-0.05, 0) is 18.3 Å². The summed E-state index contributed by atoms with van der Waals surface area (Å²) in [5.41, 5.74) is 0. The summed E-state index contributed by atoms with van der Waals surface area (Å²) in [6, 6.07) is 0. The molecule has 3 aliphatic rings. The van der Waals surface area contributed by atoms with Gasteiger partial charge in [0.25, 0.3) is 0 Å². The second kappa shape index (κ2) is 6.30. The van der Waals surface area contributed by atoms with Crippen molar-refractivity contribution in [3.8, 4) is 0 Å². The van der Waals surface area contributed by atoms with Gasteiger partial charge in [-0.3, -0.25) is 0 Å². The Hall–Kier alpha value is 0.0649. The molecule has 0 nitrogen and oxygen atoms in total. The zero-order valence-corrected chi connectivity index (χ0v) is 12.3. The molecule has 0 aromatic carbocycles. The molecule has 98 valence electrons. The van der Waals surface area contributed by atoms with Gasteiger partial charge in [-0.2, -0.15) is 0 Å². The summed E-state index contributed by atoms with van der Waals surface area (Å²) < 4.78 is 0. The zero-order chi connectivity index (χ0) is 12.3. The van der Waals surface area contributed by atoms with E-state index in [-0.39, 0.29) is 0 Å². The van der Waals surface area contributed by atoms with Gasteiger partial charge in [0.05, 0.1) is 0 Å². The molecule has 0 radical (unpaired) electrons. The highest BCUT2D eigenvalue weighted by molar-refractivity contribution is 6.61. The van der Waals surface area contributed by atoms with E-state index in [4.69, 9.17) is 0 Å². The summed E-state index contributed by atoms with van der Waals surface area (Å²) in [7, 11) is 0. The molecule has 2 saturated carbocycles. The monoisotopic (exact) mass is 234 g/mol. The summed E-state index contributed by atoms with van der Waals surface area (Å²) in [5, 5.41) is 0. The summed E-state index contributed by atoms with van der Waals surface area (Å²) in [6.45, 7) is 7.65. The maximum absolute atomic E-state index is 2.59. The van der Waals surface area contributed by atoms with Crippen LogP contribution in [-0.4, -0.2) is 6.71 Å². The van der Waals surface area contributed by atoms with Gasteiger partial charge < -0.3 is 0 Å². The van der Waals surface area contributed by atoms with Gasteiger partial charge in [-0.1, -0.05) is 83.7 Å². The third-order valence-corrected chi connectivity index (χ3v) is 5.89. The lowest BCUT2D eigenvalue weighted by molar-refractivity contribution is 0.212. The molecule has 17 heavy (non-hydrogen) atoms. The van der Waals surface area contributed by atoms with Crippen molar-refractivity contribution in [2.75, 3.05) is 0 Å². The van der Waals surface area contributed by atoms with Gasteiger partial charge in [0, 0.05) is 0 Å². The minimum Gasteiger partial charge on any atom is -0.0856 e. The zero-order valence-electron chi connectivity index (χ0n) is 12.3. The SMILES string of the molecule is CB1C2CCCCC2CC2CCCCC12.CC. The van der Waals surface area contributed by atoms with Crippen LogP contribution in [0.2, 0.25) is 18.5 Å². The van der Waals surface area contributed by atoms with Crippen molar-refractivity contribution < 1.29 is 0 Å². The van der Waals surface area contributed by atoms with Crippen molar-refractivity contribution in [1.82, 2.24) is 0 Å². The van der Waals surface area contributed by atoms with E-state index in [0.717, 1.165) is 30.2 Å². The minimum atomic E-state index is 1.06. The quantitative estimate of drug-likeness (QED) is 0.474.